The normalized spacial score (nSPS) is 12.1. The Labute approximate surface area is 150 Å². The highest BCUT2D eigenvalue weighted by Crippen LogP contribution is 2.28. The van der Waals surface area contributed by atoms with Gasteiger partial charge in [0.15, 0.2) is 6.10 Å². The third-order valence-corrected chi connectivity index (χ3v) is 4.63. The number of carbonyl (C=O) groups is 1. The summed E-state index contributed by atoms with van der Waals surface area (Å²) in [6.45, 7) is 5.92. The number of hydrogen-bond donors (Lipinski definition) is 1. The molecule has 23 heavy (non-hydrogen) atoms. The van der Waals surface area contributed by atoms with Crippen LogP contribution >= 0.6 is 27.5 Å². The van der Waals surface area contributed by atoms with E-state index in [-0.39, 0.29) is 5.91 Å². The third-order valence-electron chi connectivity index (χ3n) is 3.40. The van der Waals surface area contributed by atoms with Gasteiger partial charge in [0.1, 0.15) is 5.75 Å². The average molecular weight is 397 g/mol. The molecule has 1 N–H and O–H groups in total. The first-order valence-corrected chi connectivity index (χ1v) is 8.57. The molecular weight excluding hydrogens is 378 g/mol. The molecule has 0 bridgehead atoms. The molecule has 0 saturated carbocycles. The summed E-state index contributed by atoms with van der Waals surface area (Å²) in [6.07, 6.45) is -0.614. The molecule has 0 fully saturated rings. The highest BCUT2D eigenvalue weighted by atomic mass is 79.9. The standard InChI is InChI=1S/C18H19BrClNO2/c1-11(2)14-6-4-5-7-17(14)23-12(3)18(22)21-13-8-9-15(19)16(20)10-13/h4-12H,1-3H3,(H,21,22)/t12-/m1/s1. The summed E-state index contributed by atoms with van der Waals surface area (Å²) in [7, 11) is 0. The molecule has 0 heterocycles. The van der Waals surface area contributed by atoms with E-state index in [1.165, 1.54) is 0 Å². The molecule has 2 aromatic carbocycles. The van der Waals surface area contributed by atoms with Crippen molar-refractivity contribution in [2.45, 2.75) is 32.8 Å². The van der Waals surface area contributed by atoms with Crippen molar-refractivity contribution >= 4 is 39.1 Å². The molecular formula is C18H19BrClNO2. The summed E-state index contributed by atoms with van der Waals surface area (Å²) in [5.74, 6) is 0.840. The lowest BCUT2D eigenvalue weighted by atomic mass is 10.0. The Bertz CT molecular complexity index is 703. The summed E-state index contributed by atoms with van der Waals surface area (Å²) in [6, 6.07) is 13.0. The van der Waals surface area contributed by atoms with Crippen molar-refractivity contribution in [3.8, 4) is 5.75 Å². The van der Waals surface area contributed by atoms with Crippen LogP contribution in [0.3, 0.4) is 0 Å². The zero-order chi connectivity index (χ0) is 17.0. The first-order valence-electron chi connectivity index (χ1n) is 7.40. The first kappa shape index (κ1) is 17.8. The zero-order valence-electron chi connectivity index (χ0n) is 13.3. The SMILES string of the molecule is CC(C)c1ccccc1O[C@H](C)C(=O)Nc1ccc(Br)c(Cl)c1. The van der Waals surface area contributed by atoms with E-state index in [0.717, 1.165) is 15.8 Å². The molecule has 2 aromatic rings. The minimum Gasteiger partial charge on any atom is -0.481 e. The fourth-order valence-corrected chi connectivity index (χ4v) is 2.55. The van der Waals surface area contributed by atoms with Crippen LogP contribution < -0.4 is 10.1 Å². The van der Waals surface area contributed by atoms with Gasteiger partial charge in [-0.2, -0.15) is 0 Å². The Balaban J connectivity index is 2.07. The number of carbonyl (C=O) groups excluding carboxylic acids is 1. The fraction of sp³-hybridized carbons (Fsp3) is 0.278. The van der Waals surface area contributed by atoms with Gasteiger partial charge in [-0.05, 0) is 58.6 Å². The van der Waals surface area contributed by atoms with Gasteiger partial charge in [0.25, 0.3) is 5.91 Å². The second-order valence-corrected chi connectivity index (χ2v) is 6.83. The second kappa shape index (κ2) is 7.84. The summed E-state index contributed by atoms with van der Waals surface area (Å²) in [5.41, 5.74) is 1.72. The van der Waals surface area contributed by atoms with Crippen LogP contribution in [0.1, 0.15) is 32.3 Å². The number of ether oxygens (including phenoxy) is 1. The van der Waals surface area contributed by atoms with Crippen LogP contribution in [0.4, 0.5) is 5.69 Å². The highest BCUT2D eigenvalue weighted by Gasteiger charge is 2.17. The molecule has 0 aliphatic heterocycles. The quantitative estimate of drug-likeness (QED) is 0.711. The summed E-state index contributed by atoms with van der Waals surface area (Å²) in [5, 5.41) is 3.35. The van der Waals surface area contributed by atoms with Gasteiger partial charge in [-0.1, -0.05) is 43.6 Å². The van der Waals surface area contributed by atoms with Gasteiger partial charge >= 0.3 is 0 Å². The molecule has 0 aromatic heterocycles. The van der Waals surface area contributed by atoms with Gasteiger partial charge < -0.3 is 10.1 Å². The maximum Gasteiger partial charge on any atom is 0.265 e. The predicted octanol–water partition coefficient (Wildman–Crippen LogP) is 5.63. The van der Waals surface area contributed by atoms with E-state index in [1.54, 1.807) is 25.1 Å². The molecule has 0 unspecified atom stereocenters. The Morgan fingerprint density at radius 1 is 1.17 bits per heavy atom. The fourth-order valence-electron chi connectivity index (χ4n) is 2.13. The lowest BCUT2D eigenvalue weighted by Crippen LogP contribution is -2.30. The number of benzene rings is 2. The van der Waals surface area contributed by atoms with Crippen LogP contribution in [0.5, 0.6) is 5.75 Å². The van der Waals surface area contributed by atoms with Crippen molar-refractivity contribution in [1.82, 2.24) is 0 Å². The number of anilines is 1. The van der Waals surface area contributed by atoms with Crippen molar-refractivity contribution in [3.05, 3.63) is 57.5 Å². The van der Waals surface area contributed by atoms with E-state index in [2.05, 4.69) is 35.1 Å². The van der Waals surface area contributed by atoms with Crippen molar-refractivity contribution in [2.75, 3.05) is 5.32 Å². The number of para-hydroxylation sites is 1. The molecule has 1 amide bonds. The largest absolute Gasteiger partial charge is 0.481 e. The number of halogens is 2. The maximum absolute atomic E-state index is 12.3. The molecule has 5 heteroatoms. The van der Waals surface area contributed by atoms with E-state index in [9.17, 15) is 4.79 Å². The summed E-state index contributed by atoms with van der Waals surface area (Å²) in [4.78, 5) is 12.3. The minimum atomic E-state index is -0.614. The lowest BCUT2D eigenvalue weighted by molar-refractivity contribution is -0.122. The predicted molar refractivity (Wildman–Crippen MR) is 98.4 cm³/mol. The monoisotopic (exact) mass is 395 g/mol. The van der Waals surface area contributed by atoms with Crippen molar-refractivity contribution in [3.63, 3.8) is 0 Å². The Morgan fingerprint density at radius 3 is 2.52 bits per heavy atom. The first-order chi connectivity index (χ1) is 10.9. The van der Waals surface area contributed by atoms with Crippen LogP contribution in [0.15, 0.2) is 46.9 Å². The molecule has 1 atom stereocenters. The van der Waals surface area contributed by atoms with Gasteiger partial charge in [0.2, 0.25) is 0 Å². The van der Waals surface area contributed by atoms with Gasteiger partial charge in [-0.15, -0.1) is 0 Å². The average Bonchev–Trinajstić information content (AvgIpc) is 2.51. The molecule has 0 aliphatic carbocycles. The van der Waals surface area contributed by atoms with Crippen LogP contribution in [0.2, 0.25) is 5.02 Å². The summed E-state index contributed by atoms with van der Waals surface area (Å²) >= 11 is 9.35. The molecule has 0 saturated heterocycles. The van der Waals surface area contributed by atoms with Gasteiger partial charge in [0, 0.05) is 10.2 Å². The van der Waals surface area contributed by atoms with Crippen LogP contribution in [0.25, 0.3) is 0 Å². The topological polar surface area (TPSA) is 38.3 Å². The van der Waals surface area contributed by atoms with Crippen LogP contribution in [-0.4, -0.2) is 12.0 Å². The number of amides is 1. The number of nitrogens with one attached hydrogen (secondary N) is 1. The molecule has 0 aliphatic rings. The summed E-state index contributed by atoms with van der Waals surface area (Å²) < 4.78 is 6.63. The second-order valence-electron chi connectivity index (χ2n) is 5.57. The van der Waals surface area contributed by atoms with Gasteiger partial charge in [-0.25, -0.2) is 0 Å². The minimum absolute atomic E-state index is 0.220. The lowest BCUT2D eigenvalue weighted by Gasteiger charge is -2.18. The van der Waals surface area contributed by atoms with Gasteiger partial charge in [0.05, 0.1) is 5.02 Å². The third kappa shape index (κ3) is 4.72. The smallest absolute Gasteiger partial charge is 0.265 e. The van der Waals surface area contributed by atoms with E-state index in [1.807, 2.05) is 24.3 Å². The van der Waals surface area contributed by atoms with Gasteiger partial charge in [-0.3, -0.25) is 4.79 Å². The molecule has 122 valence electrons. The molecule has 0 spiro atoms. The van der Waals surface area contributed by atoms with Crippen molar-refractivity contribution in [2.24, 2.45) is 0 Å². The molecule has 0 radical (unpaired) electrons. The van der Waals surface area contributed by atoms with E-state index in [0.29, 0.717) is 16.6 Å². The Hall–Kier alpha value is -1.52. The van der Waals surface area contributed by atoms with Crippen molar-refractivity contribution < 1.29 is 9.53 Å². The Kier molecular flexibility index (Phi) is 6.08. The van der Waals surface area contributed by atoms with Crippen molar-refractivity contribution in [1.29, 1.82) is 0 Å². The molecule has 3 nitrogen and oxygen atoms in total. The zero-order valence-corrected chi connectivity index (χ0v) is 15.6. The van der Waals surface area contributed by atoms with E-state index < -0.39 is 6.10 Å². The number of rotatable bonds is 5. The highest BCUT2D eigenvalue weighted by molar-refractivity contribution is 9.10. The maximum atomic E-state index is 12.3. The number of hydrogen-bond acceptors (Lipinski definition) is 2. The van der Waals surface area contributed by atoms with E-state index in [4.69, 9.17) is 16.3 Å². The molecule has 2 rings (SSSR count). The van der Waals surface area contributed by atoms with Crippen LogP contribution in [-0.2, 0) is 4.79 Å². The Morgan fingerprint density at radius 2 is 1.87 bits per heavy atom. The van der Waals surface area contributed by atoms with Crippen LogP contribution in [0, 0.1) is 0 Å². The van der Waals surface area contributed by atoms with E-state index >= 15 is 0 Å².